The Labute approximate surface area is 158 Å². The van der Waals surface area contributed by atoms with Crippen molar-refractivity contribution in [3.05, 3.63) is 45.4 Å². The number of aromatic nitrogens is 1. The van der Waals surface area contributed by atoms with E-state index in [4.69, 9.17) is 4.74 Å². The van der Waals surface area contributed by atoms with E-state index in [0.717, 1.165) is 28.4 Å². The molecule has 0 unspecified atom stereocenters. The summed E-state index contributed by atoms with van der Waals surface area (Å²) in [5.74, 6) is 0.559. The highest BCUT2D eigenvalue weighted by atomic mass is 32.1. The minimum absolute atomic E-state index is 0.0600. The molecule has 2 heterocycles. The normalized spacial score (nSPS) is 17.2. The van der Waals surface area contributed by atoms with E-state index in [9.17, 15) is 9.59 Å². The predicted octanol–water partition coefficient (Wildman–Crippen LogP) is 3.43. The summed E-state index contributed by atoms with van der Waals surface area (Å²) in [7, 11) is 1.57. The van der Waals surface area contributed by atoms with Gasteiger partial charge in [-0.05, 0) is 38.8 Å². The second-order valence-corrected chi connectivity index (χ2v) is 7.95. The van der Waals surface area contributed by atoms with E-state index in [0.29, 0.717) is 30.8 Å². The highest BCUT2D eigenvalue weighted by Gasteiger charge is 2.30. The molecule has 1 aromatic carbocycles. The quantitative estimate of drug-likeness (QED) is 0.755. The third-order valence-electron chi connectivity index (χ3n) is 4.83. The number of amides is 1. The van der Waals surface area contributed by atoms with Gasteiger partial charge in [0.15, 0.2) is 5.78 Å². The van der Waals surface area contributed by atoms with Crippen LogP contribution in [0.4, 0.5) is 0 Å². The Kier molecular flexibility index (Phi) is 5.71. The standard InChI is InChI=1S/C20H24N2O3S/c1-13-18(26-14(2)21-13)11-19(23)22-10-6-7-15(12-22)20(24)16-8-4-5-9-17(16)25-3/h4-5,8-9,15H,6-7,10-12H2,1-3H3/t15-/m0/s1. The summed E-state index contributed by atoms with van der Waals surface area (Å²) in [6.45, 7) is 5.09. The van der Waals surface area contributed by atoms with E-state index < -0.39 is 0 Å². The molecule has 1 amide bonds. The zero-order valence-electron chi connectivity index (χ0n) is 15.4. The van der Waals surface area contributed by atoms with Crippen molar-refractivity contribution in [1.29, 1.82) is 0 Å². The van der Waals surface area contributed by atoms with Gasteiger partial charge in [-0.3, -0.25) is 9.59 Å². The second kappa shape index (κ2) is 7.99. The molecule has 26 heavy (non-hydrogen) atoms. The average molecular weight is 372 g/mol. The molecule has 3 rings (SSSR count). The molecule has 1 aromatic heterocycles. The topological polar surface area (TPSA) is 59.5 Å². The number of carbonyl (C=O) groups excluding carboxylic acids is 2. The number of ether oxygens (including phenoxy) is 1. The highest BCUT2D eigenvalue weighted by molar-refractivity contribution is 7.11. The molecule has 0 radical (unpaired) electrons. The first-order valence-electron chi connectivity index (χ1n) is 8.87. The lowest BCUT2D eigenvalue weighted by Crippen LogP contribution is -2.43. The van der Waals surface area contributed by atoms with Crippen molar-refractivity contribution < 1.29 is 14.3 Å². The fraction of sp³-hybridized carbons (Fsp3) is 0.450. The van der Waals surface area contributed by atoms with Crippen LogP contribution in [0.2, 0.25) is 0 Å². The lowest BCUT2D eigenvalue weighted by molar-refractivity contribution is -0.131. The van der Waals surface area contributed by atoms with E-state index in [-0.39, 0.29) is 17.6 Å². The van der Waals surface area contributed by atoms with E-state index >= 15 is 0 Å². The van der Waals surface area contributed by atoms with E-state index in [1.807, 2.05) is 30.9 Å². The van der Waals surface area contributed by atoms with Crippen molar-refractivity contribution >= 4 is 23.0 Å². The van der Waals surface area contributed by atoms with Gasteiger partial charge in [0, 0.05) is 23.9 Å². The third kappa shape index (κ3) is 3.96. The van der Waals surface area contributed by atoms with Crippen LogP contribution in [-0.4, -0.2) is 41.8 Å². The van der Waals surface area contributed by atoms with Gasteiger partial charge in [-0.2, -0.15) is 0 Å². The lowest BCUT2D eigenvalue weighted by Gasteiger charge is -2.32. The van der Waals surface area contributed by atoms with E-state index in [1.165, 1.54) is 0 Å². The van der Waals surface area contributed by atoms with Crippen LogP contribution in [0, 0.1) is 19.8 Å². The number of hydrogen-bond acceptors (Lipinski definition) is 5. The second-order valence-electron chi connectivity index (χ2n) is 6.66. The number of Topliss-reactive ketones (excluding diaryl/α,β-unsaturated/α-hetero) is 1. The summed E-state index contributed by atoms with van der Waals surface area (Å²) >= 11 is 1.57. The summed E-state index contributed by atoms with van der Waals surface area (Å²) < 4.78 is 5.32. The van der Waals surface area contributed by atoms with Crippen LogP contribution in [0.5, 0.6) is 5.75 Å². The Morgan fingerprint density at radius 3 is 2.77 bits per heavy atom. The summed E-state index contributed by atoms with van der Waals surface area (Å²) in [6, 6.07) is 7.29. The first-order chi connectivity index (χ1) is 12.5. The number of piperidine rings is 1. The van der Waals surface area contributed by atoms with Crippen molar-refractivity contribution in [2.45, 2.75) is 33.1 Å². The molecule has 0 saturated carbocycles. The zero-order valence-corrected chi connectivity index (χ0v) is 16.3. The molecule has 1 aliphatic heterocycles. The number of carbonyl (C=O) groups is 2. The SMILES string of the molecule is COc1ccccc1C(=O)[C@H]1CCCN(C(=O)Cc2sc(C)nc2C)C1. The molecule has 6 heteroatoms. The fourth-order valence-electron chi connectivity index (χ4n) is 3.47. The van der Waals surface area contributed by atoms with Gasteiger partial charge in [-0.1, -0.05) is 12.1 Å². The molecule has 2 aromatic rings. The molecular formula is C20H24N2O3S. The number of ketones is 1. The van der Waals surface area contributed by atoms with Crippen LogP contribution in [0.25, 0.3) is 0 Å². The molecule has 0 spiro atoms. The van der Waals surface area contributed by atoms with Crippen molar-refractivity contribution in [2.75, 3.05) is 20.2 Å². The first kappa shape index (κ1) is 18.6. The minimum atomic E-state index is -0.173. The van der Waals surface area contributed by atoms with Gasteiger partial charge in [-0.15, -0.1) is 11.3 Å². The molecule has 138 valence electrons. The molecule has 1 atom stereocenters. The largest absolute Gasteiger partial charge is 0.496 e. The van der Waals surface area contributed by atoms with Crippen LogP contribution in [0.3, 0.4) is 0 Å². The fourth-order valence-corrected chi connectivity index (χ4v) is 4.40. The van der Waals surface area contributed by atoms with E-state index in [2.05, 4.69) is 4.98 Å². The molecular weight excluding hydrogens is 348 g/mol. The lowest BCUT2D eigenvalue weighted by atomic mass is 9.89. The molecule has 5 nitrogen and oxygen atoms in total. The average Bonchev–Trinajstić information content (AvgIpc) is 2.98. The number of aryl methyl sites for hydroxylation is 2. The van der Waals surface area contributed by atoms with Gasteiger partial charge < -0.3 is 9.64 Å². The van der Waals surface area contributed by atoms with Crippen molar-refractivity contribution in [2.24, 2.45) is 5.92 Å². The third-order valence-corrected chi connectivity index (χ3v) is 5.90. The summed E-state index contributed by atoms with van der Waals surface area (Å²) in [5, 5.41) is 0.980. The van der Waals surface area contributed by atoms with Crippen molar-refractivity contribution in [3.63, 3.8) is 0 Å². The van der Waals surface area contributed by atoms with Crippen LogP contribution < -0.4 is 4.74 Å². The smallest absolute Gasteiger partial charge is 0.227 e. The minimum Gasteiger partial charge on any atom is -0.496 e. The van der Waals surface area contributed by atoms with Gasteiger partial charge in [0.25, 0.3) is 0 Å². The molecule has 1 fully saturated rings. The Balaban J connectivity index is 1.69. The van der Waals surface area contributed by atoms with Gasteiger partial charge in [0.2, 0.25) is 5.91 Å². The van der Waals surface area contributed by atoms with E-state index in [1.54, 1.807) is 30.6 Å². The Bertz CT molecular complexity index is 815. The molecule has 1 aliphatic rings. The van der Waals surface area contributed by atoms with Gasteiger partial charge in [-0.25, -0.2) is 4.98 Å². The number of rotatable bonds is 5. The first-order valence-corrected chi connectivity index (χ1v) is 9.69. The predicted molar refractivity (Wildman–Crippen MR) is 102 cm³/mol. The summed E-state index contributed by atoms with van der Waals surface area (Å²) in [6.07, 6.45) is 2.02. The van der Waals surface area contributed by atoms with Gasteiger partial charge in [0.05, 0.1) is 29.8 Å². The highest BCUT2D eigenvalue weighted by Crippen LogP contribution is 2.27. The van der Waals surface area contributed by atoms with Crippen molar-refractivity contribution in [3.8, 4) is 5.75 Å². The summed E-state index contributed by atoms with van der Waals surface area (Å²) in [4.78, 5) is 32.9. The van der Waals surface area contributed by atoms with Crippen LogP contribution >= 0.6 is 11.3 Å². The number of methoxy groups -OCH3 is 1. The maximum Gasteiger partial charge on any atom is 0.227 e. The molecule has 1 saturated heterocycles. The molecule has 0 aliphatic carbocycles. The maximum absolute atomic E-state index is 12.9. The maximum atomic E-state index is 12.9. The van der Waals surface area contributed by atoms with Crippen LogP contribution in [-0.2, 0) is 11.2 Å². The zero-order chi connectivity index (χ0) is 18.7. The molecule has 0 bridgehead atoms. The number of para-hydroxylation sites is 1. The van der Waals surface area contributed by atoms with Crippen molar-refractivity contribution in [1.82, 2.24) is 9.88 Å². The number of hydrogen-bond donors (Lipinski definition) is 0. The van der Waals surface area contributed by atoms with Crippen LogP contribution in [0.1, 0.15) is 38.8 Å². The number of benzene rings is 1. The van der Waals surface area contributed by atoms with Gasteiger partial charge >= 0.3 is 0 Å². The molecule has 0 N–H and O–H groups in total. The Morgan fingerprint density at radius 2 is 2.08 bits per heavy atom. The number of likely N-dealkylation sites (tertiary alicyclic amines) is 1. The Morgan fingerprint density at radius 1 is 1.31 bits per heavy atom. The monoisotopic (exact) mass is 372 g/mol. The Hall–Kier alpha value is -2.21. The summed E-state index contributed by atoms with van der Waals surface area (Å²) in [5.41, 5.74) is 1.53. The number of nitrogens with zero attached hydrogens (tertiary/aromatic N) is 2. The number of thiazole rings is 1. The van der Waals surface area contributed by atoms with Crippen LogP contribution in [0.15, 0.2) is 24.3 Å². The van der Waals surface area contributed by atoms with Gasteiger partial charge in [0.1, 0.15) is 5.75 Å².